The summed E-state index contributed by atoms with van der Waals surface area (Å²) < 4.78 is 5.38. The first-order valence-electron chi connectivity index (χ1n) is 11.1. The standard InChI is InChI=1S/C26H22N4O3S/c1-16-29-23(24(34-16)18-5-2-4-17(14-18)15-27)26(32)30(19-8-9-19)12-11-28-25(31)21-6-3-7-22-20(21)10-13-33-22/h2-7,10,13-14,19H,8-9,11-12H2,1H3,(H,28,31). The van der Waals surface area contributed by atoms with Crippen LogP contribution in [0.2, 0.25) is 0 Å². The van der Waals surface area contributed by atoms with Gasteiger partial charge in [0.2, 0.25) is 0 Å². The smallest absolute Gasteiger partial charge is 0.274 e. The van der Waals surface area contributed by atoms with E-state index in [1.54, 1.807) is 36.6 Å². The molecule has 170 valence electrons. The minimum Gasteiger partial charge on any atom is -0.464 e. The summed E-state index contributed by atoms with van der Waals surface area (Å²) in [5, 5.41) is 13.7. The van der Waals surface area contributed by atoms with Gasteiger partial charge in [-0.3, -0.25) is 9.59 Å². The molecule has 5 rings (SSSR count). The summed E-state index contributed by atoms with van der Waals surface area (Å²) in [6, 6.07) is 16.7. The fraction of sp³-hybridized carbons (Fsp3) is 0.231. The molecule has 1 aliphatic rings. The second-order valence-electron chi connectivity index (χ2n) is 8.23. The van der Waals surface area contributed by atoms with Gasteiger partial charge in [-0.1, -0.05) is 18.2 Å². The van der Waals surface area contributed by atoms with Crippen molar-refractivity contribution in [3.8, 4) is 16.5 Å². The number of aromatic nitrogens is 1. The van der Waals surface area contributed by atoms with Crippen LogP contribution in [0.3, 0.4) is 0 Å². The Hall–Kier alpha value is -3.96. The van der Waals surface area contributed by atoms with E-state index < -0.39 is 0 Å². The summed E-state index contributed by atoms with van der Waals surface area (Å²) in [4.78, 5) is 33.4. The summed E-state index contributed by atoms with van der Waals surface area (Å²) in [6.07, 6.45) is 3.45. The quantitative estimate of drug-likeness (QED) is 0.419. The molecule has 2 aromatic carbocycles. The van der Waals surface area contributed by atoms with Crippen LogP contribution in [-0.4, -0.2) is 40.8 Å². The molecule has 0 bridgehead atoms. The zero-order chi connectivity index (χ0) is 23.7. The first kappa shape index (κ1) is 21.9. The number of nitriles is 1. The van der Waals surface area contributed by atoms with Crippen molar-refractivity contribution in [2.75, 3.05) is 13.1 Å². The Kier molecular flexibility index (Phi) is 5.86. The van der Waals surface area contributed by atoms with Crippen LogP contribution in [0.1, 0.15) is 44.3 Å². The molecule has 1 fully saturated rings. The SMILES string of the molecule is Cc1nc(C(=O)N(CCNC(=O)c2cccc3occc23)C2CC2)c(-c2cccc(C#N)c2)s1. The number of hydrogen-bond donors (Lipinski definition) is 1. The van der Waals surface area contributed by atoms with Crippen LogP contribution in [0.15, 0.2) is 59.2 Å². The second-order valence-corrected chi connectivity index (χ2v) is 9.43. The maximum absolute atomic E-state index is 13.6. The lowest BCUT2D eigenvalue weighted by Crippen LogP contribution is -2.40. The zero-order valence-corrected chi connectivity index (χ0v) is 19.4. The molecule has 0 saturated heterocycles. The molecule has 34 heavy (non-hydrogen) atoms. The number of fused-ring (bicyclic) bond motifs is 1. The highest BCUT2D eigenvalue weighted by Crippen LogP contribution is 2.34. The van der Waals surface area contributed by atoms with Gasteiger partial charge in [-0.25, -0.2) is 4.98 Å². The molecule has 2 heterocycles. The third-order valence-electron chi connectivity index (χ3n) is 5.82. The highest BCUT2D eigenvalue weighted by Gasteiger charge is 2.35. The average molecular weight is 471 g/mol. The summed E-state index contributed by atoms with van der Waals surface area (Å²) >= 11 is 1.45. The number of furan rings is 1. The molecule has 4 aromatic rings. The lowest BCUT2D eigenvalue weighted by molar-refractivity contribution is 0.0732. The van der Waals surface area contributed by atoms with E-state index in [2.05, 4.69) is 16.4 Å². The molecular weight excluding hydrogens is 448 g/mol. The van der Waals surface area contributed by atoms with Crippen molar-refractivity contribution in [2.24, 2.45) is 0 Å². The van der Waals surface area contributed by atoms with Gasteiger partial charge in [0.15, 0.2) is 0 Å². The van der Waals surface area contributed by atoms with Gasteiger partial charge in [0, 0.05) is 24.5 Å². The van der Waals surface area contributed by atoms with Gasteiger partial charge >= 0.3 is 0 Å². The fourth-order valence-corrected chi connectivity index (χ4v) is 4.95. The van der Waals surface area contributed by atoms with Crippen molar-refractivity contribution in [3.63, 3.8) is 0 Å². The van der Waals surface area contributed by atoms with Crippen molar-refractivity contribution < 1.29 is 14.0 Å². The van der Waals surface area contributed by atoms with Crippen LogP contribution in [-0.2, 0) is 0 Å². The van der Waals surface area contributed by atoms with E-state index in [9.17, 15) is 14.9 Å². The Morgan fingerprint density at radius 3 is 2.85 bits per heavy atom. The molecule has 0 aliphatic heterocycles. The summed E-state index contributed by atoms with van der Waals surface area (Å²) in [5.74, 6) is -0.343. The predicted molar refractivity (Wildman–Crippen MR) is 130 cm³/mol. The highest BCUT2D eigenvalue weighted by atomic mass is 32.1. The molecule has 8 heteroatoms. The number of carbonyl (C=O) groups excluding carboxylic acids is 2. The summed E-state index contributed by atoms with van der Waals surface area (Å²) in [5.41, 5.74) is 2.96. The number of thiazole rings is 1. The van der Waals surface area contributed by atoms with Gasteiger partial charge in [0.1, 0.15) is 11.3 Å². The maximum Gasteiger partial charge on any atom is 0.274 e. The lowest BCUT2D eigenvalue weighted by atomic mass is 10.1. The summed E-state index contributed by atoms with van der Waals surface area (Å²) in [6.45, 7) is 2.60. The third-order valence-corrected chi connectivity index (χ3v) is 6.84. The zero-order valence-electron chi connectivity index (χ0n) is 18.6. The Morgan fingerprint density at radius 1 is 1.24 bits per heavy atom. The molecule has 1 aliphatic carbocycles. The first-order valence-corrected chi connectivity index (χ1v) is 11.9. The van der Waals surface area contributed by atoms with E-state index in [4.69, 9.17) is 4.42 Å². The van der Waals surface area contributed by atoms with Crippen molar-refractivity contribution in [1.29, 1.82) is 5.26 Å². The van der Waals surface area contributed by atoms with E-state index >= 15 is 0 Å². The highest BCUT2D eigenvalue weighted by molar-refractivity contribution is 7.15. The van der Waals surface area contributed by atoms with Gasteiger partial charge in [0.25, 0.3) is 11.8 Å². The van der Waals surface area contributed by atoms with Crippen molar-refractivity contribution in [2.45, 2.75) is 25.8 Å². The van der Waals surface area contributed by atoms with E-state index in [-0.39, 0.29) is 17.9 Å². The number of benzene rings is 2. The van der Waals surface area contributed by atoms with Gasteiger partial charge in [-0.2, -0.15) is 5.26 Å². The molecule has 2 amide bonds. The van der Waals surface area contributed by atoms with Crippen molar-refractivity contribution in [1.82, 2.24) is 15.2 Å². The van der Waals surface area contributed by atoms with E-state index in [0.29, 0.717) is 35.5 Å². The van der Waals surface area contributed by atoms with Crippen LogP contribution in [0.4, 0.5) is 0 Å². The largest absolute Gasteiger partial charge is 0.464 e. The van der Waals surface area contributed by atoms with E-state index in [0.717, 1.165) is 33.7 Å². The summed E-state index contributed by atoms with van der Waals surface area (Å²) in [7, 11) is 0. The average Bonchev–Trinajstić information content (AvgIpc) is 3.43. The Morgan fingerprint density at radius 2 is 2.06 bits per heavy atom. The number of carbonyl (C=O) groups is 2. The number of aryl methyl sites for hydroxylation is 1. The molecule has 0 spiro atoms. The van der Waals surface area contributed by atoms with Crippen LogP contribution in [0.5, 0.6) is 0 Å². The topological polar surface area (TPSA) is 99.2 Å². The van der Waals surface area contributed by atoms with Gasteiger partial charge in [-0.15, -0.1) is 11.3 Å². The number of nitrogens with zero attached hydrogens (tertiary/aromatic N) is 3. The van der Waals surface area contributed by atoms with Crippen LogP contribution in [0.25, 0.3) is 21.4 Å². The lowest BCUT2D eigenvalue weighted by Gasteiger charge is -2.22. The number of rotatable bonds is 7. The Bertz CT molecular complexity index is 1430. The minimum absolute atomic E-state index is 0.143. The molecule has 1 N–H and O–H groups in total. The molecule has 0 atom stereocenters. The van der Waals surface area contributed by atoms with Crippen LogP contribution in [0, 0.1) is 18.3 Å². The molecule has 1 saturated carbocycles. The fourth-order valence-electron chi connectivity index (χ4n) is 4.05. The molecular formula is C26H22N4O3S. The molecule has 0 radical (unpaired) electrons. The van der Waals surface area contributed by atoms with Crippen molar-refractivity contribution >= 4 is 34.1 Å². The minimum atomic E-state index is -0.200. The molecule has 7 nitrogen and oxygen atoms in total. The third kappa shape index (κ3) is 4.30. The van der Waals surface area contributed by atoms with Gasteiger partial charge in [-0.05, 0) is 55.7 Å². The Labute approximate surface area is 200 Å². The normalized spacial score (nSPS) is 12.9. The second kappa shape index (κ2) is 9.12. The van der Waals surface area contributed by atoms with Crippen molar-refractivity contribution in [3.05, 3.63) is 76.6 Å². The number of nitrogens with one attached hydrogen (secondary N) is 1. The van der Waals surface area contributed by atoms with Gasteiger partial charge < -0.3 is 14.6 Å². The van der Waals surface area contributed by atoms with Crippen LogP contribution < -0.4 is 5.32 Å². The molecule has 2 aromatic heterocycles. The van der Waals surface area contributed by atoms with E-state index in [1.165, 1.54) is 11.3 Å². The maximum atomic E-state index is 13.6. The van der Waals surface area contributed by atoms with E-state index in [1.807, 2.05) is 30.0 Å². The number of amides is 2. The monoisotopic (exact) mass is 470 g/mol. The molecule has 0 unspecified atom stereocenters. The van der Waals surface area contributed by atoms with Gasteiger partial charge in [0.05, 0.1) is 33.3 Å². The Balaban J connectivity index is 1.32. The van der Waals surface area contributed by atoms with Crippen LogP contribution >= 0.6 is 11.3 Å². The number of hydrogen-bond acceptors (Lipinski definition) is 6. The first-order chi connectivity index (χ1) is 16.5. The predicted octanol–water partition coefficient (Wildman–Crippen LogP) is 4.77.